The first-order chi connectivity index (χ1) is 7.00. The fraction of sp³-hybridized carbons (Fsp3) is 0.875. The highest BCUT2D eigenvalue weighted by atomic mass is 19.4. The third-order valence-electron chi connectivity index (χ3n) is 1.98. The van der Waals surface area contributed by atoms with Gasteiger partial charge in [0.25, 0.3) is 0 Å². The van der Waals surface area contributed by atoms with Crippen LogP contribution in [0.2, 0.25) is 0 Å². The first-order valence-corrected chi connectivity index (χ1v) is 4.54. The summed E-state index contributed by atoms with van der Waals surface area (Å²) in [6, 6.07) is 0. The van der Waals surface area contributed by atoms with Crippen LogP contribution in [0.1, 0.15) is 0 Å². The van der Waals surface area contributed by atoms with E-state index in [0.717, 1.165) is 0 Å². The Morgan fingerprint density at radius 2 is 1.93 bits per heavy atom. The van der Waals surface area contributed by atoms with Gasteiger partial charge in [-0.1, -0.05) is 0 Å². The van der Waals surface area contributed by atoms with E-state index in [-0.39, 0.29) is 6.61 Å². The minimum absolute atomic E-state index is 0.238. The predicted octanol–water partition coefficient (Wildman–Crippen LogP) is 0.424. The fourth-order valence-corrected chi connectivity index (χ4v) is 1.17. The molecule has 4 nitrogen and oxygen atoms in total. The fourth-order valence-electron chi connectivity index (χ4n) is 1.17. The van der Waals surface area contributed by atoms with E-state index >= 15 is 0 Å². The zero-order valence-electron chi connectivity index (χ0n) is 8.05. The van der Waals surface area contributed by atoms with Crippen LogP contribution >= 0.6 is 0 Å². The molecule has 0 N–H and O–H groups in total. The number of carbonyl (C=O) groups is 1. The molecule has 0 saturated carbocycles. The number of nitrogens with zero attached hydrogens (tertiary/aromatic N) is 1. The largest absolute Gasteiger partial charge is 0.490 e. The Morgan fingerprint density at radius 1 is 1.33 bits per heavy atom. The van der Waals surface area contributed by atoms with Crippen LogP contribution in [-0.4, -0.2) is 56.5 Å². The molecule has 0 aromatic rings. The Hall–Kier alpha value is -0.820. The van der Waals surface area contributed by atoms with Crippen molar-refractivity contribution in [2.75, 3.05) is 39.5 Å². The van der Waals surface area contributed by atoms with Gasteiger partial charge in [-0.15, -0.1) is 0 Å². The number of hydrogen-bond acceptors (Lipinski definition) is 4. The highest BCUT2D eigenvalue weighted by Crippen LogP contribution is 2.16. The molecular formula is C8H12F3NO3. The maximum absolute atomic E-state index is 11.7. The molecule has 0 radical (unpaired) electrons. The third kappa shape index (κ3) is 4.48. The Bertz CT molecular complexity index is 214. The van der Waals surface area contributed by atoms with Gasteiger partial charge in [-0.3, -0.25) is 4.90 Å². The molecule has 88 valence electrons. The minimum atomic E-state index is -4.90. The molecule has 0 spiro atoms. The van der Waals surface area contributed by atoms with Crippen LogP contribution < -0.4 is 0 Å². The lowest BCUT2D eigenvalue weighted by atomic mass is 10.4. The molecule has 7 heteroatoms. The molecule has 0 aliphatic carbocycles. The first-order valence-electron chi connectivity index (χ1n) is 4.54. The maximum Gasteiger partial charge on any atom is 0.490 e. The Labute approximate surface area is 84.9 Å². The summed E-state index contributed by atoms with van der Waals surface area (Å²) in [5.41, 5.74) is 0. The standard InChI is InChI=1S/C8H12F3NO3/c9-8(10,11)7(13)15-6-3-12-1-4-14-5-2-12/h1-6H2. The summed E-state index contributed by atoms with van der Waals surface area (Å²) < 4.78 is 44.2. The summed E-state index contributed by atoms with van der Waals surface area (Å²) in [5, 5.41) is 0. The van der Waals surface area contributed by atoms with Gasteiger partial charge >= 0.3 is 12.1 Å². The number of ether oxygens (including phenoxy) is 2. The SMILES string of the molecule is O=C(OCCN1CCOCC1)C(F)(F)F. The van der Waals surface area contributed by atoms with Crippen molar-refractivity contribution in [2.45, 2.75) is 6.18 Å². The molecule has 0 atom stereocenters. The molecule has 1 aliphatic heterocycles. The number of esters is 1. The second-order valence-electron chi connectivity index (χ2n) is 3.09. The van der Waals surface area contributed by atoms with Crippen molar-refractivity contribution in [1.82, 2.24) is 4.90 Å². The second kappa shape index (κ2) is 5.32. The smallest absolute Gasteiger partial charge is 0.458 e. The zero-order chi connectivity index (χ0) is 11.3. The van der Waals surface area contributed by atoms with Gasteiger partial charge in [0, 0.05) is 19.6 Å². The highest BCUT2D eigenvalue weighted by Gasteiger charge is 2.40. The van der Waals surface area contributed by atoms with E-state index in [2.05, 4.69) is 4.74 Å². The predicted molar refractivity (Wildman–Crippen MR) is 44.3 cm³/mol. The minimum Gasteiger partial charge on any atom is -0.458 e. The summed E-state index contributed by atoms with van der Waals surface area (Å²) in [6.07, 6.45) is -4.90. The molecule has 0 aromatic heterocycles. The van der Waals surface area contributed by atoms with E-state index in [0.29, 0.717) is 32.8 Å². The maximum atomic E-state index is 11.7. The Balaban J connectivity index is 2.12. The zero-order valence-corrected chi connectivity index (χ0v) is 8.05. The van der Waals surface area contributed by atoms with Gasteiger partial charge in [-0.25, -0.2) is 4.79 Å². The van der Waals surface area contributed by atoms with E-state index in [1.54, 1.807) is 0 Å². The lowest BCUT2D eigenvalue weighted by molar-refractivity contribution is -0.200. The molecule has 0 amide bonds. The van der Waals surface area contributed by atoms with Crippen LogP contribution in [0, 0.1) is 0 Å². The quantitative estimate of drug-likeness (QED) is 0.655. The van der Waals surface area contributed by atoms with Crippen molar-refractivity contribution in [3.63, 3.8) is 0 Å². The van der Waals surface area contributed by atoms with Crippen molar-refractivity contribution in [3.05, 3.63) is 0 Å². The van der Waals surface area contributed by atoms with Crippen LogP contribution in [-0.2, 0) is 14.3 Å². The van der Waals surface area contributed by atoms with Gasteiger partial charge in [0.2, 0.25) is 0 Å². The van der Waals surface area contributed by atoms with Gasteiger partial charge < -0.3 is 9.47 Å². The van der Waals surface area contributed by atoms with Crippen molar-refractivity contribution < 1.29 is 27.4 Å². The number of hydrogen-bond donors (Lipinski definition) is 0. The van der Waals surface area contributed by atoms with Gasteiger partial charge in [-0.05, 0) is 0 Å². The first kappa shape index (κ1) is 12.3. The van der Waals surface area contributed by atoms with Gasteiger partial charge in [-0.2, -0.15) is 13.2 Å². The van der Waals surface area contributed by atoms with Crippen molar-refractivity contribution in [1.29, 1.82) is 0 Å². The second-order valence-corrected chi connectivity index (χ2v) is 3.09. The number of carbonyl (C=O) groups excluding carboxylic acids is 1. The van der Waals surface area contributed by atoms with Crippen LogP contribution in [0.15, 0.2) is 0 Å². The number of rotatable bonds is 3. The Morgan fingerprint density at radius 3 is 2.47 bits per heavy atom. The van der Waals surface area contributed by atoms with Crippen molar-refractivity contribution >= 4 is 5.97 Å². The summed E-state index contributed by atoms with van der Waals surface area (Å²) >= 11 is 0. The molecular weight excluding hydrogens is 215 g/mol. The lowest BCUT2D eigenvalue weighted by Gasteiger charge is -2.26. The lowest BCUT2D eigenvalue weighted by Crippen LogP contribution is -2.39. The van der Waals surface area contributed by atoms with E-state index in [9.17, 15) is 18.0 Å². The third-order valence-corrected chi connectivity index (χ3v) is 1.98. The van der Waals surface area contributed by atoms with Gasteiger partial charge in [0.05, 0.1) is 13.2 Å². The molecule has 0 unspecified atom stereocenters. The molecule has 1 saturated heterocycles. The van der Waals surface area contributed by atoms with E-state index < -0.39 is 12.1 Å². The number of halogens is 3. The van der Waals surface area contributed by atoms with Crippen LogP contribution in [0.5, 0.6) is 0 Å². The molecule has 0 aromatic carbocycles. The Kier molecular flexibility index (Phi) is 4.34. The highest BCUT2D eigenvalue weighted by molar-refractivity contribution is 5.75. The van der Waals surface area contributed by atoms with Crippen LogP contribution in [0.4, 0.5) is 13.2 Å². The molecule has 1 heterocycles. The number of morpholine rings is 1. The van der Waals surface area contributed by atoms with E-state index in [1.807, 2.05) is 4.90 Å². The topological polar surface area (TPSA) is 38.8 Å². The molecule has 1 aliphatic rings. The molecule has 0 bridgehead atoms. The monoisotopic (exact) mass is 227 g/mol. The molecule has 1 rings (SSSR count). The average Bonchev–Trinajstić information content (AvgIpc) is 2.18. The number of alkyl halides is 3. The van der Waals surface area contributed by atoms with Crippen molar-refractivity contribution in [2.24, 2.45) is 0 Å². The molecule has 15 heavy (non-hydrogen) atoms. The molecule has 1 fully saturated rings. The van der Waals surface area contributed by atoms with Crippen LogP contribution in [0.3, 0.4) is 0 Å². The normalized spacial score (nSPS) is 18.9. The summed E-state index contributed by atoms with van der Waals surface area (Å²) in [4.78, 5) is 12.2. The average molecular weight is 227 g/mol. The van der Waals surface area contributed by atoms with Crippen molar-refractivity contribution in [3.8, 4) is 0 Å². The van der Waals surface area contributed by atoms with Gasteiger partial charge in [0.1, 0.15) is 6.61 Å². The summed E-state index contributed by atoms with van der Waals surface area (Å²) in [6.45, 7) is 2.51. The van der Waals surface area contributed by atoms with E-state index in [1.165, 1.54) is 0 Å². The summed E-state index contributed by atoms with van der Waals surface area (Å²) in [7, 11) is 0. The summed E-state index contributed by atoms with van der Waals surface area (Å²) in [5.74, 6) is -2.13. The van der Waals surface area contributed by atoms with Crippen LogP contribution in [0.25, 0.3) is 0 Å². The van der Waals surface area contributed by atoms with E-state index in [4.69, 9.17) is 4.74 Å². The van der Waals surface area contributed by atoms with Gasteiger partial charge in [0.15, 0.2) is 0 Å².